The van der Waals surface area contributed by atoms with Crippen LogP contribution in [0, 0.1) is 0 Å². The topological polar surface area (TPSA) is 105 Å². The van der Waals surface area contributed by atoms with Gasteiger partial charge in [-0.05, 0) is 56.2 Å². The van der Waals surface area contributed by atoms with Crippen LogP contribution in [0.15, 0.2) is 59.6 Å². The molecule has 7 heteroatoms. The van der Waals surface area contributed by atoms with E-state index in [1.54, 1.807) is 81.6 Å². The average Bonchev–Trinajstić information content (AvgIpc) is 2.72. The molecule has 0 atom stereocenters. The van der Waals surface area contributed by atoms with Crippen molar-refractivity contribution in [1.29, 1.82) is 0 Å². The summed E-state index contributed by atoms with van der Waals surface area (Å²) >= 11 is 0. The number of Topliss-reactive ketones (excluding diaryl/α,β-unsaturated/α-hetero) is 1. The summed E-state index contributed by atoms with van der Waals surface area (Å²) in [6.07, 6.45) is 3.87. The van der Waals surface area contributed by atoms with Crippen molar-refractivity contribution in [3.05, 3.63) is 71.3 Å². The van der Waals surface area contributed by atoms with Crippen LogP contribution in [0.1, 0.15) is 42.3 Å². The highest BCUT2D eigenvalue weighted by Crippen LogP contribution is 2.13. The van der Waals surface area contributed by atoms with Crippen molar-refractivity contribution >= 4 is 35.6 Å². The zero-order valence-corrected chi connectivity index (χ0v) is 17.8. The number of benzene rings is 2. The number of nitrogens with zero attached hydrogens (tertiary/aromatic N) is 1. The van der Waals surface area contributed by atoms with Crippen LogP contribution in [0.5, 0.6) is 0 Å². The summed E-state index contributed by atoms with van der Waals surface area (Å²) in [6.45, 7) is 4.79. The maximum Gasteiger partial charge on any atom is 0.412 e. The first kappa shape index (κ1) is 23.7. The molecule has 0 fully saturated rings. The van der Waals surface area contributed by atoms with Crippen LogP contribution in [0.25, 0.3) is 6.08 Å². The fourth-order valence-corrected chi connectivity index (χ4v) is 2.46. The number of anilines is 1. The number of ketones is 2. The number of hydrogen-bond acceptors (Lipinski definition) is 6. The molecule has 7 nitrogen and oxygen atoms in total. The minimum absolute atomic E-state index is 0.0271. The number of aliphatic hydroxyl groups excluding tert-OH is 1. The molecule has 0 radical (unpaired) electrons. The smallest absolute Gasteiger partial charge is 0.412 e. The van der Waals surface area contributed by atoms with Crippen LogP contribution in [-0.4, -0.2) is 47.7 Å². The maximum atomic E-state index is 12.4. The van der Waals surface area contributed by atoms with Crippen LogP contribution in [0.4, 0.5) is 10.5 Å². The maximum absolute atomic E-state index is 12.4. The van der Waals surface area contributed by atoms with Gasteiger partial charge in [-0.1, -0.05) is 36.4 Å². The Labute approximate surface area is 181 Å². The number of rotatable bonds is 8. The largest absolute Gasteiger partial charge is 0.444 e. The van der Waals surface area contributed by atoms with Crippen LogP contribution < -0.4 is 5.32 Å². The third-order valence-electron chi connectivity index (χ3n) is 3.86. The van der Waals surface area contributed by atoms with E-state index in [0.717, 1.165) is 5.56 Å². The number of aliphatic imine (C=N–C) groups is 1. The Morgan fingerprint density at radius 1 is 1.06 bits per heavy atom. The fraction of sp³-hybridized carbons (Fsp3) is 0.250. The first-order valence-electron chi connectivity index (χ1n) is 9.71. The van der Waals surface area contributed by atoms with E-state index in [1.165, 1.54) is 6.08 Å². The predicted molar refractivity (Wildman–Crippen MR) is 121 cm³/mol. The van der Waals surface area contributed by atoms with E-state index >= 15 is 0 Å². The first-order valence-corrected chi connectivity index (χ1v) is 9.71. The van der Waals surface area contributed by atoms with Crippen LogP contribution in [-0.2, 0) is 9.53 Å². The third kappa shape index (κ3) is 8.76. The molecular formula is C24H26N2O5. The summed E-state index contributed by atoms with van der Waals surface area (Å²) in [5.74, 6) is -0.572. The molecule has 2 N–H and O–H groups in total. The van der Waals surface area contributed by atoms with Crippen molar-refractivity contribution in [3.63, 3.8) is 0 Å². The highest BCUT2D eigenvalue weighted by Gasteiger charge is 2.16. The zero-order chi connectivity index (χ0) is 22.9. The number of amides is 1. The molecule has 2 aromatic carbocycles. The van der Waals surface area contributed by atoms with E-state index in [2.05, 4.69) is 10.3 Å². The molecule has 162 valence electrons. The number of carbonyl (C=O) groups excluding carboxylic acids is 3. The third-order valence-corrected chi connectivity index (χ3v) is 3.86. The lowest BCUT2D eigenvalue weighted by molar-refractivity contribution is -0.117. The van der Waals surface area contributed by atoms with Crippen LogP contribution in [0.2, 0.25) is 0 Å². The highest BCUT2D eigenvalue weighted by atomic mass is 16.6. The Morgan fingerprint density at radius 3 is 2.42 bits per heavy atom. The number of hydrogen-bond donors (Lipinski definition) is 2. The summed E-state index contributed by atoms with van der Waals surface area (Å²) in [5.41, 5.74) is 1.96. The quantitative estimate of drug-likeness (QED) is 0.381. The van der Waals surface area contributed by atoms with E-state index in [1.807, 2.05) is 0 Å². The van der Waals surface area contributed by atoms with Gasteiger partial charge in [0.1, 0.15) is 18.8 Å². The molecule has 0 spiro atoms. The lowest BCUT2D eigenvalue weighted by Gasteiger charge is -2.19. The Morgan fingerprint density at radius 2 is 1.77 bits per heavy atom. The SMILES string of the molecule is CC(C)(C)OC(=O)Nc1ccc(C=NCC(=O)c2cccc(/C=C/C(=O)CO)c2)cc1. The van der Waals surface area contributed by atoms with Gasteiger partial charge in [-0.15, -0.1) is 0 Å². The Hall–Kier alpha value is -3.58. The molecule has 0 aliphatic heterocycles. The second kappa shape index (κ2) is 11.0. The van der Waals surface area contributed by atoms with Gasteiger partial charge in [0.05, 0.1) is 0 Å². The van der Waals surface area contributed by atoms with Crippen LogP contribution in [0.3, 0.4) is 0 Å². The van der Waals surface area contributed by atoms with Gasteiger partial charge >= 0.3 is 6.09 Å². The number of nitrogens with one attached hydrogen (secondary N) is 1. The predicted octanol–water partition coefficient (Wildman–Crippen LogP) is 3.91. The van der Waals surface area contributed by atoms with Gasteiger partial charge in [0, 0.05) is 17.5 Å². The minimum Gasteiger partial charge on any atom is -0.444 e. The van der Waals surface area contributed by atoms with Gasteiger partial charge in [0.25, 0.3) is 0 Å². The lowest BCUT2D eigenvalue weighted by atomic mass is 10.1. The zero-order valence-electron chi connectivity index (χ0n) is 17.8. The van der Waals surface area contributed by atoms with Crippen molar-refractivity contribution < 1.29 is 24.2 Å². The molecule has 2 aromatic rings. The molecule has 0 aromatic heterocycles. The minimum atomic E-state index is -0.574. The second-order valence-electron chi connectivity index (χ2n) is 7.73. The van der Waals surface area contributed by atoms with E-state index < -0.39 is 24.1 Å². The number of carbonyl (C=O) groups is 3. The van der Waals surface area contributed by atoms with E-state index in [0.29, 0.717) is 16.8 Å². The van der Waals surface area contributed by atoms with E-state index in [-0.39, 0.29) is 12.3 Å². The molecule has 2 rings (SSSR count). The highest BCUT2D eigenvalue weighted by molar-refractivity contribution is 5.99. The molecule has 0 aliphatic carbocycles. The summed E-state index contributed by atoms with van der Waals surface area (Å²) in [5, 5.41) is 11.4. The molecule has 1 amide bonds. The summed E-state index contributed by atoms with van der Waals surface area (Å²) in [6, 6.07) is 13.8. The summed E-state index contributed by atoms with van der Waals surface area (Å²) in [7, 11) is 0. The van der Waals surface area contributed by atoms with Gasteiger partial charge in [-0.2, -0.15) is 0 Å². The van der Waals surface area contributed by atoms with Crippen molar-refractivity contribution in [2.75, 3.05) is 18.5 Å². The summed E-state index contributed by atoms with van der Waals surface area (Å²) < 4.78 is 5.20. The Kier molecular flexibility index (Phi) is 8.40. The van der Waals surface area contributed by atoms with Crippen molar-refractivity contribution in [1.82, 2.24) is 0 Å². The normalized spacial score (nSPS) is 11.6. The molecule has 0 aliphatic rings. The van der Waals surface area contributed by atoms with Gasteiger partial charge in [-0.25, -0.2) is 4.79 Å². The molecule has 0 saturated carbocycles. The second-order valence-corrected chi connectivity index (χ2v) is 7.73. The Balaban J connectivity index is 1.92. The van der Waals surface area contributed by atoms with Crippen LogP contribution >= 0.6 is 0 Å². The molecule has 0 heterocycles. The molecule has 0 unspecified atom stereocenters. The lowest BCUT2D eigenvalue weighted by Crippen LogP contribution is -2.27. The van der Waals surface area contributed by atoms with E-state index in [9.17, 15) is 14.4 Å². The average molecular weight is 422 g/mol. The van der Waals surface area contributed by atoms with Gasteiger partial charge in [0.15, 0.2) is 11.6 Å². The first-order chi connectivity index (χ1) is 14.7. The molecule has 31 heavy (non-hydrogen) atoms. The van der Waals surface area contributed by atoms with Gasteiger partial charge < -0.3 is 9.84 Å². The van der Waals surface area contributed by atoms with E-state index in [4.69, 9.17) is 9.84 Å². The number of aliphatic hydroxyl groups is 1. The fourth-order valence-electron chi connectivity index (χ4n) is 2.46. The summed E-state index contributed by atoms with van der Waals surface area (Å²) in [4.78, 5) is 39.5. The molecule has 0 saturated heterocycles. The molecular weight excluding hydrogens is 396 g/mol. The van der Waals surface area contributed by atoms with Crippen molar-refractivity contribution in [2.45, 2.75) is 26.4 Å². The standard InChI is InChI=1S/C24H26N2O5/c1-24(2,3)31-23(30)26-20-10-7-18(8-11-20)14-25-15-22(29)19-6-4-5-17(13-19)9-12-21(28)16-27/h4-14,27H,15-16H2,1-3H3,(H,26,30)/b12-9+,25-14?. The van der Waals surface area contributed by atoms with Crippen molar-refractivity contribution in [2.24, 2.45) is 4.99 Å². The van der Waals surface area contributed by atoms with Gasteiger partial charge in [-0.3, -0.25) is 19.9 Å². The monoisotopic (exact) mass is 422 g/mol. The Bertz CT molecular complexity index is 986. The number of ether oxygens (including phenoxy) is 1. The molecule has 0 bridgehead atoms. The van der Waals surface area contributed by atoms with Gasteiger partial charge in [0.2, 0.25) is 0 Å². The van der Waals surface area contributed by atoms with Crippen molar-refractivity contribution in [3.8, 4) is 0 Å².